The first-order valence-electron chi connectivity index (χ1n) is 9.32. The van der Waals surface area contributed by atoms with Crippen LogP contribution in [0.25, 0.3) is 33.7 Å². The summed E-state index contributed by atoms with van der Waals surface area (Å²) in [5.74, 6) is 3.52. The second-order valence-corrected chi connectivity index (χ2v) is 6.62. The summed E-state index contributed by atoms with van der Waals surface area (Å²) < 4.78 is 33.6. The van der Waals surface area contributed by atoms with Crippen molar-refractivity contribution in [3.63, 3.8) is 0 Å². The van der Waals surface area contributed by atoms with Crippen LogP contribution in [-0.2, 0) is 0 Å². The highest BCUT2D eigenvalue weighted by Crippen LogP contribution is 2.45. The number of fused-ring (bicyclic) bond motifs is 2. The number of aromatic nitrogens is 1. The summed E-state index contributed by atoms with van der Waals surface area (Å²) in [6.45, 7) is 0.190. The first-order chi connectivity index (χ1) is 14.7. The van der Waals surface area contributed by atoms with Crippen molar-refractivity contribution >= 4 is 11.1 Å². The fourth-order valence-electron chi connectivity index (χ4n) is 3.63. The van der Waals surface area contributed by atoms with Gasteiger partial charge in [-0.15, -0.1) is 0 Å². The van der Waals surface area contributed by atoms with E-state index in [0.29, 0.717) is 40.2 Å². The van der Waals surface area contributed by atoms with Gasteiger partial charge in [-0.2, -0.15) is 0 Å². The van der Waals surface area contributed by atoms with Gasteiger partial charge in [-0.25, -0.2) is 4.98 Å². The van der Waals surface area contributed by atoms with Crippen LogP contribution >= 0.6 is 0 Å². The van der Waals surface area contributed by atoms with Gasteiger partial charge in [0.1, 0.15) is 5.52 Å². The van der Waals surface area contributed by atoms with E-state index in [0.717, 1.165) is 22.2 Å². The smallest absolute Gasteiger partial charge is 0.231 e. The molecule has 0 radical (unpaired) electrons. The first-order valence-corrected chi connectivity index (χ1v) is 9.32. The quantitative estimate of drug-likeness (QED) is 0.467. The van der Waals surface area contributed by atoms with Gasteiger partial charge < -0.3 is 28.1 Å². The molecule has 0 spiro atoms. The largest absolute Gasteiger partial charge is 0.493 e. The molecule has 2 heterocycles. The molecule has 0 fully saturated rings. The molecule has 0 aliphatic carbocycles. The van der Waals surface area contributed by atoms with Crippen LogP contribution in [0.15, 0.2) is 52.9 Å². The lowest BCUT2D eigenvalue weighted by atomic mass is 10.0. The average molecular weight is 405 g/mol. The van der Waals surface area contributed by atoms with Crippen molar-refractivity contribution in [1.82, 2.24) is 4.98 Å². The maximum atomic E-state index is 6.07. The van der Waals surface area contributed by atoms with E-state index in [1.54, 1.807) is 21.3 Å². The lowest BCUT2D eigenvalue weighted by Gasteiger charge is -2.15. The molecule has 0 atom stereocenters. The minimum Gasteiger partial charge on any atom is -0.493 e. The lowest BCUT2D eigenvalue weighted by molar-refractivity contribution is 0.174. The van der Waals surface area contributed by atoms with Crippen molar-refractivity contribution in [3.8, 4) is 51.3 Å². The van der Waals surface area contributed by atoms with Gasteiger partial charge in [-0.1, -0.05) is 12.1 Å². The number of oxazole rings is 1. The summed E-state index contributed by atoms with van der Waals surface area (Å²) in [6.07, 6.45) is 0. The molecule has 0 saturated carbocycles. The van der Waals surface area contributed by atoms with E-state index in [4.69, 9.17) is 28.1 Å². The molecular formula is C23H19NO6. The van der Waals surface area contributed by atoms with Crippen LogP contribution < -0.4 is 23.7 Å². The number of rotatable bonds is 5. The van der Waals surface area contributed by atoms with Crippen molar-refractivity contribution in [2.75, 3.05) is 28.1 Å². The fourth-order valence-corrected chi connectivity index (χ4v) is 3.63. The normalized spacial score (nSPS) is 12.2. The highest BCUT2D eigenvalue weighted by atomic mass is 16.7. The average Bonchev–Trinajstić information content (AvgIpc) is 3.43. The highest BCUT2D eigenvalue weighted by molar-refractivity contribution is 5.86. The molecule has 0 saturated heterocycles. The Morgan fingerprint density at radius 2 is 1.70 bits per heavy atom. The Bertz CT molecular complexity index is 1250. The number of methoxy groups -OCH3 is 3. The van der Waals surface area contributed by atoms with E-state index in [-0.39, 0.29) is 6.79 Å². The molecule has 5 rings (SSSR count). The zero-order valence-electron chi connectivity index (χ0n) is 16.7. The summed E-state index contributed by atoms with van der Waals surface area (Å²) in [4.78, 5) is 4.62. The van der Waals surface area contributed by atoms with Crippen LogP contribution in [0.4, 0.5) is 0 Å². The molecule has 1 aliphatic rings. The summed E-state index contributed by atoms with van der Waals surface area (Å²) in [7, 11) is 4.78. The van der Waals surface area contributed by atoms with Gasteiger partial charge >= 0.3 is 0 Å². The standard InChI is InChI=1S/C23H19NO6/c1-25-17-10-8-14(21(26-2)22(17)27-3)13-7-9-16-19(11-13)30-23(24-16)15-5-4-6-18-20(15)29-12-28-18/h4-11H,12H2,1-3H3. The maximum absolute atomic E-state index is 6.07. The summed E-state index contributed by atoms with van der Waals surface area (Å²) in [5.41, 5.74) is 3.90. The van der Waals surface area contributed by atoms with E-state index in [1.807, 2.05) is 48.5 Å². The van der Waals surface area contributed by atoms with Gasteiger partial charge in [0.05, 0.1) is 26.9 Å². The molecule has 3 aromatic carbocycles. The zero-order valence-corrected chi connectivity index (χ0v) is 16.7. The van der Waals surface area contributed by atoms with Gasteiger partial charge in [0.2, 0.25) is 18.4 Å². The molecule has 0 N–H and O–H groups in total. The third kappa shape index (κ3) is 2.78. The van der Waals surface area contributed by atoms with Gasteiger partial charge in [-0.05, 0) is 42.0 Å². The van der Waals surface area contributed by atoms with Crippen molar-refractivity contribution in [2.45, 2.75) is 0 Å². The third-order valence-electron chi connectivity index (χ3n) is 5.03. The molecule has 30 heavy (non-hydrogen) atoms. The Hall–Kier alpha value is -3.87. The number of ether oxygens (including phenoxy) is 5. The summed E-state index contributed by atoms with van der Waals surface area (Å²) in [6, 6.07) is 15.2. The Morgan fingerprint density at radius 1 is 0.833 bits per heavy atom. The molecular weight excluding hydrogens is 386 g/mol. The van der Waals surface area contributed by atoms with Gasteiger partial charge in [-0.3, -0.25) is 0 Å². The molecule has 4 aromatic rings. The summed E-state index contributed by atoms with van der Waals surface area (Å²) in [5, 5.41) is 0. The van der Waals surface area contributed by atoms with E-state index >= 15 is 0 Å². The van der Waals surface area contributed by atoms with Crippen LogP contribution in [0.1, 0.15) is 0 Å². The fraction of sp³-hybridized carbons (Fsp3) is 0.174. The van der Waals surface area contributed by atoms with Crippen molar-refractivity contribution < 1.29 is 28.1 Å². The minimum absolute atomic E-state index is 0.190. The minimum atomic E-state index is 0.190. The number of nitrogens with zero attached hydrogens (tertiary/aromatic N) is 1. The molecule has 0 amide bonds. The van der Waals surface area contributed by atoms with Crippen LogP contribution in [-0.4, -0.2) is 33.1 Å². The molecule has 152 valence electrons. The predicted octanol–water partition coefficient (Wildman–Crippen LogP) is 4.92. The number of hydrogen-bond acceptors (Lipinski definition) is 7. The molecule has 0 unspecified atom stereocenters. The zero-order chi connectivity index (χ0) is 20.7. The van der Waals surface area contributed by atoms with Crippen LogP contribution in [0, 0.1) is 0 Å². The lowest BCUT2D eigenvalue weighted by Crippen LogP contribution is -1.96. The van der Waals surface area contributed by atoms with E-state index in [9.17, 15) is 0 Å². The molecule has 1 aliphatic heterocycles. The second kappa shape index (κ2) is 7.18. The van der Waals surface area contributed by atoms with E-state index in [2.05, 4.69) is 4.98 Å². The number of benzene rings is 3. The van der Waals surface area contributed by atoms with Crippen LogP contribution in [0.2, 0.25) is 0 Å². The molecule has 7 heteroatoms. The first kappa shape index (κ1) is 18.2. The van der Waals surface area contributed by atoms with Crippen LogP contribution in [0.5, 0.6) is 28.7 Å². The Morgan fingerprint density at radius 3 is 2.50 bits per heavy atom. The molecule has 1 aromatic heterocycles. The maximum Gasteiger partial charge on any atom is 0.231 e. The molecule has 0 bridgehead atoms. The molecule has 7 nitrogen and oxygen atoms in total. The Kier molecular flexibility index (Phi) is 4.35. The predicted molar refractivity (Wildman–Crippen MR) is 111 cm³/mol. The van der Waals surface area contributed by atoms with Crippen molar-refractivity contribution in [1.29, 1.82) is 0 Å². The number of para-hydroxylation sites is 1. The highest BCUT2D eigenvalue weighted by Gasteiger charge is 2.22. The Labute approximate surface area is 172 Å². The van der Waals surface area contributed by atoms with E-state index in [1.165, 1.54) is 0 Å². The van der Waals surface area contributed by atoms with E-state index < -0.39 is 0 Å². The van der Waals surface area contributed by atoms with Crippen LogP contribution in [0.3, 0.4) is 0 Å². The third-order valence-corrected chi connectivity index (χ3v) is 5.03. The van der Waals surface area contributed by atoms with Gasteiger partial charge in [0.15, 0.2) is 28.6 Å². The summed E-state index contributed by atoms with van der Waals surface area (Å²) >= 11 is 0. The Balaban J connectivity index is 1.61. The number of hydrogen-bond donors (Lipinski definition) is 0. The monoisotopic (exact) mass is 405 g/mol. The topological polar surface area (TPSA) is 72.2 Å². The second-order valence-electron chi connectivity index (χ2n) is 6.62. The van der Waals surface area contributed by atoms with Gasteiger partial charge in [0, 0.05) is 5.56 Å². The van der Waals surface area contributed by atoms with Crippen molar-refractivity contribution in [3.05, 3.63) is 48.5 Å². The van der Waals surface area contributed by atoms with Crippen molar-refractivity contribution in [2.24, 2.45) is 0 Å². The SMILES string of the molecule is COc1ccc(-c2ccc3nc(-c4cccc5c4OCO5)oc3c2)c(OC)c1OC. The van der Waals surface area contributed by atoms with Gasteiger partial charge in [0.25, 0.3) is 0 Å².